The number of aryl methyl sites for hydroxylation is 1. The van der Waals surface area contributed by atoms with E-state index in [0.29, 0.717) is 31.6 Å². The topological polar surface area (TPSA) is 73.7 Å². The van der Waals surface area contributed by atoms with E-state index in [-0.39, 0.29) is 12.5 Å². The van der Waals surface area contributed by atoms with Gasteiger partial charge in [0.25, 0.3) is 5.91 Å². The first kappa shape index (κ1) is 14.0. The molecule has 0 bridgehead atoms. The summed E-state index contributed by atoms with van der Waals surface area (Å²) < 4.78 is 12.1. The van der Waals surface area contributed by atoms with Crippen molar-refractivity contribution in [2.24, 2.45) is 7.05 Å². The molecule has 7 nitrogen and oxygen atoms in total. The monoisotopic (exact) mass is 315 g/mol. The first-order chi connectivity index (χ1) is 11.1. The zero-order valence-electron chi connectivity index (χ0n) is 12.8. The molecule has 2 aromatic rings. The molecule has 7 heteroatoms. The Labute approximate surface area is 132 Å². The van der Waals surface area contributed by atoms with Gasteiger partial charge in [0.2, 0.25) is 0 Å². The lowest BCUT2D eigenvalue weighted by atomic mass is 9.92. The summed E-state index contributed by atoms with van der Waals surface area (Å²) in [4.78, 5) is 30.0. The van der Waals surface area contributed by atoms with Gasteiger partial charge in [0.05, 0.1) is 0 Å². The van der Waals surface area contributed by atoms with Crippen LogP contribution in [0.2, 0.25) is 0 Å². The lowest BCUT2D eigenvalue weighted by molar-refractivity contribution is 0.00265. The average Bonchev–Trinajstić information content (AvgIpc) is 3.11. The Morgan fingerprint density at radius 3 is 2.74 bits per heavy atom. The summed E-state index contributed by atoms with van der Waals surface area (Å²) in [5.41, 5.74) is 0.681. The molecule has 0 aromatic carbocycles. The minimum atomic E-state index is -0.611. The van der Waals surface area contributed by atoms with Crippen LogP contribution in [0.15, 0.2) is 24.4 Å². The van der Waals surface area contributed by atoms with E-state index in [4.69, 9.17) is 9.47 Å². The van der Waals surface area contributed by atoms with E-state index in [1.807, 2.05) is 29.9 Å². The number of carbonyl (C=O) groups excluding carboxylic acids is 2. The fraction of sp³-hybridized carbons (Fsp3) is 0.438. The summed E-state index contributed by atoms with van der Waals surface area (Å²) in [6.45, 7) is 1.34. The van der Waals surface area contributed by atoms with Gasteiger partial charge in [-0.1, -0.05) is 0 Å². The van der Waals surface area contributed by atoms with Crippen molar-refractivity contribution in [3.63, 3.8) is 0 Å². The summed E-state index contributed by atoms with van der Waals surface area (Å²) in [5.74, 6) is -0.0896. The zero-order valence-corrected chi connectivity index (χ0v) is 12.8. The summed E-state index contributed by atoms with van der Waals surface area (Å²) in [7, 11) is 1.91. The molecule has 0 saturated carbocycles. The average molecular weight is 315 g/mol. The molecule has 1 amide bonds. The minimum Gasteiger partial charge on any atom is -0.430 e. The molecule has 4 rings (SSSR count). The lowest BCUT2D eigenvalue weighted by Gasteiger charge is -2.36. The molecular formula is C16H17N3O4. The Morgan fingerprint density at radius 1 is 1.26 bits per heavy atom. The van der Waals surface area contributed by atoms with E-state index in [1.54, 1.807) is 11.0 Å². The molecule has 2 fully saturated rings. The molecule has 2 aromatic heterocycles. The number of nitrogens with zero attached hydrogens (tertiary/aromatic N) is 3. The summed E-state index contributed by atoms with van der Waals surface area (Å²) in [6, 6.07) is 5.64. The van der Waals surface area contributed by atoms with Gasteiger partial charge < -0.3 is 18.9 Å². The molecule has 0 radical (unpaired) electrons. The number of hydrogen-bond donors (Lipinski definition) is 0. The maximum Gasteiger partial charge on any atom is 0.509 e. The number of ether oxygens (including phenoxy) is 2. The van der Waals surface area contributed by atoms with Gasteiger partial charge in [-0.2, -0.15) is 0 Å². The van der Waals surface area contributed by atoms with Gasteiger partial charge in [-0.25, -0.2) is 9.78 Å². The van der Waals surface area contributed by atoms with E-state index in [9.17, 15) is 9.59 Å². The third-order valence-electron chi connectivity index (χ3n) is 4.65. The van der Waals surface area contributed by atoms with Crippen molar-refractivity contribution in [2.75, 3.05) is 19.7 Å². The predicted molar refractivity (Wildman–Crippen MR) is 81.0 cm³/mol. The molecule has 4 heterocycles. The molecule has 120 valence electrons. The highest BCUT2D eigenvalue weighted by molar-refractivity contribution is 5.94. The van der Waals surface area contributed by atoms with Crippen LogP contribution in [0, 0.1) is 0 Å². The summed E-state index contributed by atoms with van der Waals surface area (Å²) >= 11 is 0. The third-order valence-corrected chi connectivity index (χ3v) is 4.65. The molecule has 2 aliphatic rings. The lowest BCUT2D eigenvalue weighted by Crippen LogP contribution is -2.48. The smallest absolute Gasteiger partial charge is 0.430 e. The van der Waals surface area contributed by atoms with E-state index in [2.05, 4.69) is 4.98 Å². The van der Waals surface area contributed by atoms with Gasteiger partial charge in [0, 0.05) is 44.6 Å². The van der Waals surface area contributed by atoms with Crippen LogP contribution >= 0.6 is 0 Å². The van der Waals surface area contributed by atoms with Crippen molar-refractivity contribution in [1.29, 1.82) is 0 Å². The molecule has 23 heavy (non-hydrogen) atoms. The SMILES string of the molecule is Cn1ccc2ccc(C(=O)N3CCC4(CC3)COC(=O)O4)nc21. The van der Waals surface area contributed by atoms with Crippen molar-refractivity contribution in [3.8, 4) is 0 Å². The van der Waals surface area contributed by atoms with E-state index in [0.717, 1.165) is 11.0 Å². The van der Waals surface area contributed by atoms with Crippen LogP contribution in [0.5, 0.6) is 0 Å². The van der Waals surface area contributed by atoms with Gasteiger partial charge in [-0.15, -0.1) is 0 Å². The number of aromatic nitrogens is 2. The fourth-order valence-corrected chi connectivity index (χ4v) is 3.21. The van der Waals surface area contributed by atoms with Crippen LogP contribution in [0.4, 0.5) is 4.79 Å². The second-order valence-corrected chi connectivity index (χ2v) is 6.15. The molecule has 2 saturated heterocycles. The number of pyridine rings is 1. The number of cyclic esters (lactones) is 1. The Kier molecular flexibility index (Phi) is 3.04. The number of rotatable bonds is 1. The maximum atomic E-state index is 12.7. The predicted octanol–water partition coefficient (Wildman–Crippen LogP) is 1.71. The highest BCUT2D eigenvalue weighted by Crippen LogP contribution is 2.32. The normalized spacial score (nSPS) is 19.9. The van der Waals surface area contributed by atoms with Crippen LogP contribution in [-0.2, 0) is 16.5 Å². The zero-order chi connectivity index (χ0) is 16.0. The standard InChI is InChI=1S/C16H17N3O4/c1-18-7-4-11-2-3-12(17-13(11)18)14(20)19-8-5-16(6-9-19)10-22-15(21)23-16/h2-4,7H,5-6,8-10H2,1H3. The summed E-state index contributed by atoms with van der Waals surface area (Å²) in [5, 5.41) is 1.01. The fourth-order valence-electron chi connectivity index (χ4n) is 3.21. The molecule has 0 aliphatic carbocycles. The van der Waals surface area contributed by atoms with Crippen molar-refractivity contribution in [2.45, 2.75) is 18.4 Å². The molecule has 0 N–H and O–H groups in total. The van der Waals surface area contributed by atoms with E-state index in [1.165, 1.54) is 0 Å². The molecule has 0 unspecified atom stereocenters. The van der Waals surface area contributed by atoms with Gasteiger partial charge in [-0.05, 0) is 18.2 Å². The van der Waals surface area contributed by atoms with E-state index < -0.39 is 11.8 Å². The quantitative estimate of drug-likeness (QED) is 0.749. The first-order valence-corrected chi connectivity index (χ1v) is 7.63. The number of hydrogen-bond acceptors (Lipinski definition) is 5. The second kappa shape index (κ2) is 4.97. The number of fused-ring (bicyclic) bond motifs is 1. The largest absolute Gasteiger partial charge is 0.509 e. The Balaban J connectivity index is 1.51. The van der Waals surface area contributed by atoms with Crippen LogP contribution in [-0.4, -0.2) is 51.8 Å². The van der Waals surface area contributed by atoms with Crippen molar-refractivity contribution < 1.29 is 19.1 Å². The van der Waals surface area contributed by atoms with Gasteiger partial charge in [-0.3, -0.25) is 4.79 Å². The van der Waals surface area contributed by atoms with Crippen LogP contribution in [0.25, 0.3) is 11.0 Å². The number of amides is 1. The maximum absolute atomic E-state index is 12.7. The molecule has 1 spiro atoms. The highest BCUT2D eigenvalue weighted by Gasteiger charge is 2.45. The molecular weight excluding hydrogens is 298 g/mol. The number of piperidine rings is 1. The highest BCUT2D eigenvalue weighted by atomic mass is 16.8. The Hall–Kier alpha value is -2.57. The van der Waals surface area contributed by atoms with Crippen LogP contribution in [0.3, 0.4) is 0 Å². The first-order valence-electron chi connectivity index (χ1n) is 7.63. The minimum absolute atomic E-state index is 0.0896. The third kappa shape index (κ3) is 2.32. The van der Waals surface area contributed by atoms with Crippen molar-refractivity contribution >= 4 is 23.1 Å². The number of carbonyl (C=O) groups is 2. The Morgan fingerprint density at radius 2 is 2.04 bits per heavy atom. The van der Waals surface area contributed by atoms with Crippen molar-refractivity contribution in [3.05, 3.63) is 30.1 Å². The van der Waals surface area contributed by atoms with Crippen molar-refractivity contribution in [1.82, 2.24) is 14.5 Å². The number of likely N-dealkylation sites (tertiary alicyclic amines) is 1. The van der Waals surface area contributed by atoms with Crippen LogP contribution < -0.4 is 0 Å². The van der Waals surface area contributed by atoms with Crippen LogP contribution in [0.1, 0.15) is 23.3 Å². The summed E-state index contributed by atoms with van der Waals surface area (Å²) in [6.07, 6.45) is 2.50. The Bertz CT molecular complexity index is 790. The molecule has 0 atom stereocenters. The van der Waals surface area contributed by atoms with Gasteiger partial charge >= 0.3 is 6.16 Å². The van der Waals surface area contributed by atoms with E-state index >= 15 is 0 Å². The van der Waals surface area contributed by atoms with Gasteiger partial charge in [0.15, 0.2) is 5.60 Å². The molecule has 2 aliphatic heterocycles. The van der Waals surface area contributed by atoms with Gasteiger partial charge in [0.1, 0.15) is 17.9 Å². The second-order valence-electron chi connectivity index (χ2n) is 6.15.